The SMILES string of the molecule is CCOCc1nn(CC2CC2)c2c1CN(Cc1ccco1)CC2. The number of nitrogens with zero attached hydrogens (tertiary/aromatic N) is 3. The minimum atomic E-state index is 0.630. The maximum absolute atomic E-state index is 5.65. The zero-order valence-electron chi connectivity index (χ0n) is 13.8. The number of fused-ring (bicyclic) bond motifs is 1. The van der Waals surface area contributed by atoms with Crippen LogP contribution in [0.5, 0.6) is 0 Å². The van der Waals surface area contributed by atoms with Gasteiger partial charge in [0.25, 0.3) is 0 Å². The summed E-state index contributed by atoms with van der Waals surface area (Å²) < 4.78 is 13.4. The highest BCUT2D eigenvalue weighted by Gasteiger charge is 2.29. The molecule has 23 heavy (non-hydrogen) atoms. The van der Waals surface area contributed by atoms with E-state index in [1.807, 2.05) is 19.1 Å². The van der Waals surface area contributed by atoms with Gasteiger partial charge in [0.05, 0.1) is 25.1 Å². The molecule has 5 heteroatoms. The molecule has 0 saturated heterocycles. The number of furan rings is 1. The third-order valence-electron chi connectivity index (χ3n) is 4.83. The Balaban J connectivity index is 1.53. The van der Waals surface area contributed by atoms with Crippen LogP contribution in [0.2, 0.25) is 0 Å². The van der Waals surface area contributed by atoms with Gasteiger partial charge in [-0.2, -0.15) is 5.10 Å². The lowest BCUT2D eigenvalue weighted by molar-refractivity contribution is 0.129. The third kappa shape index (κ3) is 3.35. The predicted molar refractivity (Wildman–Crippen MR) is 86.8 cm³/mol. The molecule has 0 N–H and O–H groups in total. The average molecular weight is 315 g/mol. The van der Waals surface area contributed by atoms with Gasteiger partial charge >= 0.3 is 0 Å². The molecule has 0 bridgehead atoms. The summed E-state index contributed by atoms with van der Waals surface area (Å²) in [5.74, 6) is 1.88. The van der Waals surface area contributed by atoms with Crippen molar-refractivity contribution in [2.45, 2.75) is 52.4 Å². The van der Waals surface area contributed by atoms with E-state index < -0.39 is 0 Å². The fourth-order valence-corrected chi connectivity index (χ4v) is 3.39. The number of aromatic nitrogens is 2. The topological polar surface area (TPSA) is 43.4 Å². The van der Waals surface area contributed by atoms with E-state index in [9.17, 15) is 0 Å². The minimum absolute atomic E-state index is 0.630. The van der Waals surface area contributed by atoms with Crippen molar-refractivity contribution in [2.75, 3.05) is 13.2 Å². The van der Waals surface area contributed by atoms with Crippen molar-refractivity contribution in [1.29, 1.82) is 0 Å². The maximum atomic E-state index is 5.65. The Morgan fingerprint density at radius 1 is 1.39 bits per heavy atom. The molecular weight excluding hydrogens is 290 g/mol. The number of rotatable bonds is 7. The summed E-state index contributed by atoms with van der Waals surface area (Å²) >= 11 is 0. The van der Waals surface area contributed by atoms with Crippen molar-refractivity contribution < 1.29 is 9.15 Å². The number of ether oxygens (including phenoxy) is 1. The average Bonchev–Trinajstić information content (AvgIpc) is 3.11. The van der Waals surface area contributed by atoms with E-state index in [-0.39, 0.29) is 0 Å². The zero-order valence-corrected chi connectivity index (χ0v) is 13.8. The van der Waals surface area contributed by atoms with Gasteiger partial charge in [0, 0.05) is 43.9 Å². The van der Waals surface area contributed by atoms with Gasteiger partial charge in [0.2, 0.25) is 0 Å². The molecule has 2 aromatic heterocycles. The van der Waals surface area contributed by atoms with Gasteiger partial charge in [-0.15, -0.1) is 0 Å². The molecule has 1 aliphatic carbocycles. The Labute approximate surface area is 137 Å². The molecule has 0 unspecified atom stereocenters. The van der Waals surface area contributed by atoms with Crippen LogP contribution in [0.1, 0.15) is 42.5 Å². The lowest BCUT2D eigenvalue weighted by Gasteiger charge is -2.27. The van der Waals surface area contributed by atoms with Crippen molar-refractivity contribution in [2.24, 2.45) is 5.92 Å². The summed E-state index contributed by atoms with van der Waals surface area (Å²) in [6, 6.07) is 4.01. The third-order valence-corrected chi connectivity index (χ3v) is 4.83. The van der Waals surface area contributed by atoms with Gasteiger partial charge in [-0.25, -0.2) is 0 Å². The van der Waals surface area contributed by atoms with Crippen molar-refractivity contribution >= 4 is 0 Å². The zero-order chi connectivity index (χ0) is 15.6. The molecule has 0 amide bonds. The molecule has 2 aromatic rings. The molecule has 0 spiro atoms. The molecule has 124 valence electrons. The quantitative estimate of drug-likeness (QED) is 0.788. The second kappa shape index (κ2) is 6.49. The number of hydrogen-bond donors (Lipinski definition) is 0. The molecule has 1 aliphatic heterocycles. The van der Waals surface area contributed by atoms with E-state index in [4.69, 9.17) is 14.3 Å². The lowest BCUT2D eigenvalue weighted by atomic mass is 10.0. The van der Waals surface area contributed by atoms with Crippen molar-refractivity contribution in [3.63, 3.8) is 0 Å². The largest absolute Gasteiger partial charge is 0.468 e. The van der Waals surface area contributed by atoms with E-state index in [1.54, 1.807) is 6.26 Å². The van der Waals surface area contributed by atoms with Crippen LogP contribution >= 0.6 is 0 Å². The highest BCUT2D eigenvalue weighted by molar-refractivity contribution is 5.29. The Hall–Kier alpha value is -1.59. The summed E-state index contributed by atoms with van der Waals surface area (Å²) in [5, 5.41) is 4.88. The summed E-state index contributed by atoms with van der Waals surface area (Å²) in [4.78, 5) is 2.44. The molecule has 3 heterocycles. The Kier molecular flexibility index (Phi) is 4.23. The van der Waals surface area contributed by atoms with E-state index in [1.165, 1.54) is 24.1 Å². The highest BCUT2D eigenvalue weighted by Crippen LogP contribution is 2.33. The first-order valence-corrected chi connectivity index (χ1v) is 8.73. The minimum Gasteiger partial charge on any atom is -0.468 e. The molecule has 1 fully saturated rings. The van der Waals surface area contributed by atoms with Crippen LogP contribution in [0.15, 0.2) is 22.8 Å². The van der Waals surface area contributed by atoms with Crippen LogP contribution in [-0.2, 0) is 37.4 Å². The fraction of sp³-hybridized carbons (Fsp3) is 0.611. The van der Waals surface area contributed by atoms with Gasteiger partial charge in [0.15, 0.2) is 0 Å². The first-order valence-electron chi connectivity index (χ1n) is 8.73. The molecule has 4 rings (SSSR count). The second-order valence-corrected chi connectivity index (χ2v) is 6.67. The van der Waals surface area contributed by atoms with E-state index in [2.05, 4.69) is 9.58 Å². The van der Waals surface area contributed by atoms with Gasteiger partial charge in [-0.05, 0) is 37.8 Å². The smallest absolute Gasteiger partial charge is 0.117 e. The van der Waals surface area contributed by atoms with Gasteiger partial charge in [-0.3, -0.25) is 9.58 Å². The monoisotopic (exact) mass is 315 g/mol. The lowest BCUT2D eigenvalue weighted by Crippen LogP contribution is -2.31. The van der Waals surface area contributed by atoms with Crippen LogP contribution in [0.3, 0.4) is 0 Å². The first-order chi connectivity index (χ1) is 11.3. The van der Waals surface area contributed by atoms with Crippen molar-refractivity contribution in [1.82, 2.24) is 14.7 Å². The van der Waals surface area contributed by atoms with E-state index in [0.717, 1.165) is 56.6 Å². The fourth-order valence-electron chi connectivity index (χ4n) is 3.39. The van der Waals surface area contributed by atoms with Crippen molar-refractivity contribution in [3.8, 4) is 0 Å². The summed E-state index contributed by atoms with van der Waals surface area (Å²) in [7, 11) is 0. The van der Waals surface area contributed by atoms with Crippen LogP contribution < -0.4 is 0 Å². The molecule has 2 aliphatic rings. The van der Waals surface area contributed by atoms with Crippen molar-refractivity contribution in [3.05, 3.63) is 41.1 Å². The van der Waals surface area contributed by atoms with Crippen LogP contribution in [0, 0.1) is 5.92 Å². The Morgan fingerprint density at radius 3 is 3.04 bits per heavy atom. The van der Waals surface area contributed by atoms with Gasteiger partial charge < -0.3 is 9.15 Å². The Morgan fingerprint density at radius 2 is 2.30 bits per heavy atom. The van der Waals surface area contributed by atoms with Crippen LogP contribution in [0.4, 0.5) is 0 Å². The normalized spacial score (nSPS) is 18.3. The Bertz CT molecular complexity index is 644. The molecular formula is C18H25N3O2. The summed E-state index contributed by atoms with van der Waals surface area (Å²) in [6.45, 7) is 7.38. The van der Waals surface area contributed by atoms with Crippen LogP contribution in [0.25, 0.3) is 0 Å². The van der Waals surface area contributed by atoms with Crippen LogP contribution in [-0.4, -0.2) is 27.8 Å². The molecule has 0 radical (unpaired) electrons. The molecule has 0 atom stereocenters. The molecule has 1 saturated carbocycles. The second-order valence-electron chi connectivity index (χ2n) is 6.67. The van der Waals surface area contributed by atoms with E-state index >= 15 is 0 Å². The molecule has 5 nitrogen and oxygen atoms in total. The maximum Gasteiger partial charge on any atom is 0.117 e. The predicted octanol–water partition coefficient (Wildman–Crippen LogP) is 2.98. The first kappa shape index (κ1) is 15.0. The standard InChI is InChI=1S/C18H25N3O2/c1-2-22-13-17-16-12-20(11-15-4-3-9-23-15)8-7-18(16)21(19-17)10-14-5-6-14/h3-4,9,14H,2,5-8,10-13H2,1H3. The summed E-state index contributed by atoms with van der Waals surface area (Å²) in [5.41, 5.74) is 3.95. The van der Waals surface area contributed by atoms with Gasteiger partial charge in [0.1, 0.15) is 5.76 Å². The van der Waals surface area contributed by atoms with Gasteiger partial charge in [-0.1, -0.05) is 0 Å². The highest BCUT2D eigenvalue weighted by atomic mass is 16.5. The number of hydrogen-bond acceptors (Lipinski definition) is 4. The summed E-state index contributed by atoms with van der Waals surface area (Å²) in [6.07, 6.45) is 5.54. The molecule has 0 aromatic carbocycles. The van der Waals surface area contributed by atoms with E-state index in [0.29, 0.717) is 6.61 Å².